The molecule has 0 aromatic heterocycles. The van der Waals surface area contributed by atoms with Crippen molar-refractivity contribution in [2.75, 3.05) is 13.1 Å². The molecule has 0 unspecified atom stereocenters. The minimum Gasteiger partial charge on any atom is -0.315 e. The monoisotopic (exact) mass is 297 g/mol. The topological polar surface area (TPSA) is 29.1 Å². The lowest BCUT2D eigenvalue weighted by molar-refractivity contribution is -0.118. The summed E-state index contributed by atoms with van der Waals surface area (Å²) >= 11 is 5.68. The van der Waals surface area contributed by atoms with Crippen LogP contribution in [0.2, 0.25) is 5.02 Å². The van der Waals surface area contributed by atoms with Crippen LogP contribution in [0.1, 0.15) is 44.1 Å². The highest BCUT2D eigenvalue weighted by Crippen LogP contribution is 2.25. The molecule has 1 atom stereocenters. The molecule has 1 aliphatic rings. The SMILES string of the molecule is CC(=O)[C@H](CNCC1CCCC1)c1ccc(Cl)c(F)c1. The predicted octanol–water partition coefficient (Wildman–Crippen LogP) is 3.93. The van der Waals surface area contributed by atoms with Crippen molar-refractivity contribution in [3.8, 4) is 0 Å². The van der Waals surface area contributed by atoms with E-state index in [0.717, 1.165) is 12.5 Å². The summed E-state index contributed by atoms with van der Waals surface area (Å²) in [5, 5.41) is 3.46. The van der Waals surface area contributed by atoms with Crippen molar-refractivity contribution in [3.05, 3.63) is 34.6 Å². The first-order valence-corrected chi connectivity index (χ1v) is 7.62. The Bertz CT molecular complexity index is 472. The molecular weight excluding hydrogens is 277 g/mol. The lowest BCUT2D eigenvalue weighted by atomic mass is 9.95. The zero-order valence-electron chi connectivity index (χ0n) is 11.8. The summed E-state index contributed by atoms with van der Waals surface area (Å²) in [6.45, 7) is 3.06. The van der Waals surface area contributed by atoms with Crippen molar-refractivity contribution in [2.24, 2.45) is 5.92 Å². The first-order chi connectivity index (χ1) is 9.58. The number of benzene rings is 1. The molecule has 1 aliphatic carbocycles. The molecule has 1 aromatic carbocycles. The highest BCUT2D eigenvalue weighted by molar-refractivity contribution is 6.30. The van der Waals surface area contributed by atoms with E-state index >= 15 is 0 Å². The molecule has 1 N–H and O–H groups in total. The van der Waals surface area contributed by atoms with E-state index < -0.39 is 5.82 Å². The minimum absolute atomic E-state index is 0.0469. The molecule has 0 radical (unpaired) electrons. The van der Waals surface area contributed by atoms with Gasteiger partial charge in [0.15, 0.2) is 0 Å². The van der Waals surface area contributed by atoms with E-state index in [1.165, 1.54) is 37.8 Å². The lowest BCUT2D eigenvalue weighted by Crippen LogP contribution is -2.29. The Kier molecular flexibility index (Phi) is 5.55. The number of hydrogen-bond donors (Lipinski definition) is 1. The zero-order chi connectivity index (χ0) is 14.5. The third kappa shape index (κ3) is 4.03. The molecule has 2 nitrogen and oxygen atoms in total. The number of hydrogen-bond acceptors (Lipinski definition) is 2. The summed E-state index contributed by atoms with van der Waals surface area (Å²) in [7, 11) is 0. The fourth-order valence-electron chi connectivity index (χ4n) is 2.87. The van der Waals surface area contributed by atoms with Gasteiger partial charge in [0.1, 0.15) is 11.6 Å². The van der Waals surface area contributed by atoms with E-state index in [1.807, 2.05) is 0 Å². The second kappa shape index (κ2) is 7.19. The van der Waals surface area contributed by atoms with Gasteiger partial charge >= 0.3 is 0 Å². The smallest absolute Gasteiger partial charge is 0.142 e. The quantitative estimate of drug-likeness (QED) is 0.862. The Morgan fingerprint density at radius 3 is 2.75 bits per heavy atom. The molecule has 1 fully saturated rings. The Morgan fingerprint density at radius 1 is 1.45 bits per heavy atom. The number of halogens is 2. The number of Topliss-reactive ketones (excluding diaryl/α,β-unsaturated/α-hetero) is 1. The Labute approximate surface area is 124 Å². The minimum atomic E-state index is -0.466. The summed E-state index contributed by atoms with van der Waals surface area (Å²) in [4.78, 5) is 11.8. The van der Waals surface area contributed by atoms with Gasteiger partial charge in [0.05, 0.1) is 10.9 Å². The van der Waals surface area contributed by atoms with Gasteiger partial charge in [-0.3, -0.25) is 4.79 Å². The number of carbonyl (C=O) groups is 1. The van der Waals surface area contributed by atoms with Crippen LogP contribution in [-0.4, -0.2) is 18.9 Å². The number of rotatable bonds is 6. The molecule has 110 valence electrons. The van der Waals surface area contributed by atoms with Gasteiger partial charge in [-0.25, -0.2) is 4.39 Å². The van der Waals surface area contributed by atoms with Gasteiger partial charge in [0.25, 0.3) is 0 Å². The zero-order valence-corrected chi connectivity index (χ0v) is 12.5. The van der Waals surface area contributed by atoms with Crippen LogP contribution < -0.4 is 5.32 Å². The van der Waals surface area contributed by atoms with Crippen LogP contribution in [0.5, 0.6) is 0 Å². The highest BCUT2D eigenvalue weighted by Gasteiger charge is 2.19. The molecule has 0 saturated heterocycles. The van der Waals surface area contributed by atoms with Crippen molar-refractivity contribution in [2.45, 2.75) is 38.5 Å². The van der Waals surface area contributed by atoms with Crippen LogP contribution in [0.4, 0.5) is 4.39 Å². The molecule has 0 spiro atoms. The average Bonchev–Trinajstić information content (AvgIpc) is 2.91. The Morgan fingerprint density at radius 2 is 2.15 bits per heavy atom. The summed E-state index contributed by atoms with van der Waals surface area (Å²) in [5.74, 6) is 0.00425. The van der Waals surface area contributed by atoms with E-state index in [4.69, 9.17) is 11.6 Å². The molecule has 0 amide bonds. The number of nitrogens with one attached hydrogen (secondary N) is 1. The molecule has 0 heterocycles. The van der Waals surface area contributed by atoms with Gasteiger partial charge in [0, 0.05) is 6.54 Å². The van der Waals surface area contributed by atoms with Crippen molar-refractivity contribution in [3.63, 3.8) is 0 Å². The fraction of sp³-hybridized carbons (Fsp3) is 0.562. The van der Waals surface area contributed by atoms with Crippen LogP contribution in [0.15, 0.2) is 18.2 Å². The summed E-state index contributed by atoms with van der Waals surface area (Å²) in [5.41, 5.74) is 0.693. The van der Waals surface area contributed by atoms with E-state index in [1.54, 1.807) is 13.0 Å². The van der Waals surface area contributed by atoms with E-state index in [2.05, 4.69) is 5.32 Å². The van der Waals surface area contributed by atoms with Crippen LogP contribution in [0, 0.1) is 11.7 Å². The maximum absolute atomic E-state index is 13.5. The van der Waals surface area contributed by atoms with Crippen molar-refractivity contribution in [1.82, 2.24) is 5.32 Å². The second-order valence-corrected chi connectivity index (χ2v) is 6.05. The van der Waals surface area contributed by atoms with Gasteiger partial charge in [-0.15, -0.1) is 0 Å². The van der Waals surface area contributed by atoms with Crippen LogP contribution >= 0.6 is 11.6 Å². The van der Waals surface area contributed by atoms with Crippen molar-refractivity contribution in [1.29, 1.82) is 0 Å². The first-order valence-electron chi connectivity index (χ1n) is 7.24. The molecule has 2 rings (SSSR count). The average molecular weight is 298 g/mol. The second-order valence-electron chi connectivity index (χ2n) is 5.65. The van der Waals surface area contributed by atoms with Crippen LogP contribution in [0.3, 0.4) is 0 Å². The standard InChI is InChI=1S/C16H21ClFNO/c1-11(20)14(10-19-9-12-4-2-3-5-12)13-6-7-15(17)16(18)8-13/h6-8,12,14,19H,2-5,9-10H2,1H3/t14-/m0/s1. The predicted molar refractivity (Wildman–Crippen MR) is 79.7 cm³/mol. The van der Waals surface area contributed by atoms with Gasteiger partial charge in [-0.2, -0.15) is 0 Å². The van der Waals surface area contributed by atoms with Crippen molar-refractivity contribution >= 4 is 17.4 Å². The molecule has 0 bridgehead atoms. The lowest BCUT2D eigenvalue weighted by Gasteiger charge is -2.17. The molecule has 0 aliphatic heterocycles. The first kappa shape index (κ1) is 15.5. The summed E-state index contributed by atoms with van der Waals surface area (Å²) < 4.78 is 13.5. The Hall–Kier alpha value is -0.930. The van der Waals surface area contributed by atoms with Crippen LogP contribution in [-0.2, 0) is 4.79 Å². The Balaban J connectivity index is 1.95. The molecule has 4 heteroatoms. The fourth-order valence-corrected chi connectivity index (χ4v) is 2.99. The van der Waals surface area contributed by atoms with Crippen LogP contribution in [0.25, 0.3) is 0 Å². The van der Waals surface area contributed by atoms with E-state index in [0.29, 0.717) is 12.1 Å². The molecule has 1 saturated carbocycles. The van der Waals surface area contributed by atoms with Gasteiger partial charge < -0.3 is 5.32 Å². The number of carbonyl (C=O) groups excluding carboxylic acids is 1. The van der Waals surface area contributed by atoms with Gasteiger partial charge in [-0.05, 0) is 49.9 Å². The molecule has 1 aromatic rings. The van der Waals surface area contributed by atoms with Gasteiger partial charge in [-0.1, -0.05) is 30.5 Å². The largest absolute Gasteiger partial charge is 0.315 e. The normalized spacial score (nSPS) is 17.4. The number of ketones is 1. The maximum atomic E-state index is 13.5. The summed E-state index contributed by atoms with van der Waals surface area (Å²) in [6, 6.07) is 4.61. The van der Waals surface area contributed by atoms with E-state index in [9.17, 15) is 9.18 Å². The molecule has 20 heavy (non-hydrogen) atoms. The maximum Gasteiger partial charge on any atom is 0.142 e. The van der Waals surface area contributed by atoms with Gasteiger partial charge in [0.2, 0.25) is 0 Å². The highest BCUT2D eigenvalue weighted by atomic mass is 35.5. The summed E-state index contributed by atoms with van der Waals surface area (Å²) in [6.07, 6.45) is 5.16. The molecular formula is C16H21ClFNO. The van der Waals surface area contributed by atoms with E-state index in [-0.39, 0.29) is 16.7 Å². The third-order valence-corrected chi connectivity index (χ3v) is 4.40. The van der Waals surface area contributed by atoms with Crippen molar-refractivity contribution < 1.29 is 9.18 Å². The third-order valence-electron chi connectivity index (χ3n) is 4.09.